The van der Waals surface area contributed by atoms with Gasteiger partial charge in [0.15, 0.2) is 5.96 Å². The zero-order valence-corrected chi connectivity index (χ0v) is 15.5. The van der Waals surface area contributed by atoms with Crippen molar-refractivity contribution in [1.82, 2.24) is 15.5 Å². The summed E-state index contributed by atoms with van der Waals surface area (Å²) >= 11 is 0. The lowest BCUT2D eigenvalue weighted by atomic mass is 10.2. The monoisotopic (exact) mass is 336 g/mol. The number of ether oxygens (including phenoxy) is 2. The van der Waals surface area contributed by atoms with E-state index in [-0.39, 0.29) is 0 Å². The number of aliphatic imine (C=N–C) groups is 1. The highest BCUT2D eigenvalue weighted by atomic mass is 16.5. The molecule has 2 N–H and O–H groups in total. The van der Waals surface area contributed by atoms with Crippen LogP contribution in [0.5, 0.6) is 5.75 Å². The first kappa shape index (κ1) is 20.3. The Balaban J connectivity index is 2.51. The van der Waals surface area contributed by atoms with Gasteiger partial charge in [0.2, 0.25) is 0 Å². The molecule has 24 heavy (non-hydrogen) atoms. The van der Waals surface area contributed by atoms with Crippen molar-refractivity contribution < 1.29 is 9.47 Å². The van der Waals surface area contributed by atoms with Crippen LogP contribution in [0.4, 0.5) is 0 Å². The Morgan fingerprint density at radius 1 is 1.17 bits per heavy atom. The third-order valence-corrected chi connectivity index (χ3v) is 3.21. The molecule has 0 atom stereocenters. The second kappa shape index (κ2) is 12.6. The fourth-order valence-electron chi connectivity index (χ4n) is 1.98. The van der Waals surface area contributed by atoms with Crippen LogP contribution in [0.15, 0.2) is 29.3 Å². The molecule has 0 heterocycles. The molecular formula is C18H32N4O2. The van der Waals surface area contributed by atoms with Gasteiger partial charge in [0.1, 0.15) is 12.4 Å². The molecule has 1 aromatic rings. The Morgan fingerprint density at radius 2 is 2.00 bits per heavy atom. The fraction of sp³-hybridized carbons (Fsp3) is 0.611. The Bertz CT molecular complexity index is 478. The highest BCUT2D eigenvalue weighted by Crippen LogP contribution is 2.14. The third-order valence-electron chi connectivity index (χ3n) is 3.21. The second-order valence-corrected chi connectivity index (χ2v) is 5.62. The molecule has 0 bridgehead atoms. The van der Waals surface area contributed by atoms with Gasteiger partial charge in [-0.25, -0.2) is 4.99 Å². The highest BCUT2D eigenvalue weighted by molar-refractivity contribution is 5.79. The van der Waals surface area contributed by atoms with Crippen LogP contribution in [0, 0.1) is 0 Å². The number of guanidine groups is 1. The van der Waals surface area contributed by atoms with Gasteiger partial charge < -0.3 is 25.0 Å². The van der Waals surface area contributed by atoms with Crippen LogP contribution >= 0.6 is 0 Å². The fourth-order valence-corrected chi connectivity index (χ4v) is 1.98. The summed E-state index contributed by atoms with van der Waals surface area (Å²) in [6.45, 7) is 9.21. The van der Waals surface area contributed by atoms with Gasteiger partial charge in [-0.15, -0.1) is 0 Å². The molecule has 0 amide bonds. The van der Waals surface area contributed by atoms with Crippen molar-refractivity contribution in [1.29, 1.82) is 0 Å². The second-order valence-electron chi connectivity index (χ2n) is 5.62. The maximum absolute atomic E-state index is 5.77. The van der Waals surface area contributed by atoms with Crippen LogP contribution in [-0.4, -0.2) is 64.4 Å². The first-order chi connectivity index (χ1) is 11.7. The summed E-state index contributed by atoms with van der Waals surface area (Å²) in [5, 5.41) is 6.50. The van der Waals surface area contributed by atoms with Gasteiger partial charge in [-0.05, 0) is 45.6 Å². The summed E-state index contributed by atoms with van der Waals surface area (Å²) in [6.07, 6.45) is 0. The molecule has 0 saturated heterocycles. The van der Waals surface area contributed by atoms with E-state index in [1.807, 2.05) is 39.2 Å². The normalized spacial score (nSPS) is 11.6. The number of hydrogen-bond acceptors (Lipinski definition) is 4. The van der Waals surface area contributed by atoms with E-state index in [4.69, 9.17) is 9.47 Å². The van der Waals surface area contributed by atoms with E-state index in [1.54, 1.807) is 0 Å². The zero-order valence-electron chi connectivity index (χ0n) is 15.5. The van der Waals surface area contributed by atoms with Crippen LogP contribution in [0.3, 0.4) is 0 Å². The molecule has 0 spiro atoms. The van der Waals surface area contributed by atoms with Gasteiger partial charge in [0, 0.05) is 26.2 Å². The maximum atomic E-state index is 5.77. The van der Waals surface area contributed by atoms with Crippen molar-refractivity contribution in [2.24, 2.45) is 4.99 Å². The highest BCUT2D eigenvalue weighted by Gasteiger charge is 2.00. The first-order valence-electron chi connectivity index (χ1n) is 8.62. The van der Waals surface area contributed by atoms with E-state index in [1.165, 1.54) is 0 Å². The van der Waals surface area contributed by atoms with E-state index in [2.05, 4.69) is 33.5 Å². The molecule has 0 aliphatic carbocycles. The molecule has 1 rings (SSSR count). The minimum atomic E-state index is 0.606. The average molecular weight is 336 g/mol. The van der Waals surface area contributed by atoms with Crippen LogP contribution in [-0.2, 0) is 11.3 Å². The molecular weight excluding hydrogens is 304 g/mol. The van der Waals surface area contributed by atoms with Crippen LogP contribution in [0.1, 0.15) is 19.4 Å². The smallest absolute Gasteiger partial charge is 0.191 e. The van der Waals surface area contributed by atoms with Crippen molar-refractivity contribution in [2.45, 2.75) is 20.4 Å². The predicted molar refractivity (Wildman–Crippen MR) is 99.8 cm³/mol. The predicted octanol–water partition coefficient (Wildman–Crippen LogP) is 1.72. The standard InChI is InChI=1S/C18H32N4O2/c1-5-19-18(20-10-12-23-6-2)21-15-16-8-7-9-17(14-16)24-13-11-22(3)4/h7-9,14H,5-6,10-13,15H2,1-4H3,(H2,19,20,21). The zero-order chi connectivity index (χ0) is 17.6. The summed E-state index contributed by atoms with van der Waals surface area (Å²) in [5.74, 6) is 1.69. The van der Waals surface area contributed by atoms with Crippen molar-refractivity contribution in [3.8, 4) is 5.75 Å². The number of nitrogens with zero attached hydrogens (tertiary/aromatic N) is 2. The number of rotatable bonds is 11. The van der Waals surface area contributed by atoms with Crippen LogP contribution < -0.4 is 15.4 Å². The largest absolute Gasteiger partial charge is 0.492 e. The Labute approximate surface area is 146 Å². The van der Waals surface area contributed by atoms with Crippen LogP contribution in [0.25, 0.3) is 0 Å². The topological polar surface area (TPSA) is 58.1 Å². The molecule has 0 radical (unpaired) electrons. The number of hydrogen-bond donors (Lipinski definition) is 2. The molecule has 6 nitrogen and oxygen atoms in total. The molecule has 0 aliphatic rings. The number of benzene rings is 1. The summed E-state index contributed by atoms with van der Waals surface area (Å²) in [6, 6.07) is 8.09. The van der Waals surface area contributed by atoms with Gasteiger partial charge in [0.05, 0.1) is 13.2 Å². The van der Waals surface area contributed by atoms with E-state index < -0.39 is 0 Å². The van der Waals surface area contributed by atoms with Crippen molar-refractivity contribution in [3.63, 3.8) is 0 Å². The van der Waals surface area contributed by atoms with Gasteiger partial charge in [-0.1, -0.05) is 12.1 Å². The summed E-state index contributed by atoms with van der Waals surface area (Å²) in [4.78, 5) is 6.71. The quantitative estimate of drug-likeness (QED) is 0.366. The lowest BCUT2D eigenvalue weighted by Gasteiger charge is -2.12. The van der Waals surface area contributed by atoms with Gasteiger partial charge in [-0.2, -0.15) is 0 Å². The Kier molecular flexibility index (Phi) is 10.6. The van der Waals surface area contributed by atoms with E-state index >= 15 is 0 Å². The molecule has 136 valence electrons. The molecule has 6 heteroatoms. The Morgan fingerprint density at radius 3 is 2.71 bits per heavy atom. The lowest BCUT2D eigenvalue weighted by Crippen LogP contribution is -2.39. The molecule has 1 aromatic carbocycles. The van der Waals surface area contributed by atoms with Gasteiger partial charge >= 0.3 is 0 Å². The van der Waals surface area contributed by atoms with Crippen molar-refractivity contribution >= 4 is 5.96 Å². The molecule has 0 saturated carbocycles. The van der Waals surface area contributed by atoms with Gasteiger partial charge in [-0.3, -0.25) is 0 Å². The molecule has 0 unspecified atom stereocenters. The molecule has 0 fully saturated rings. The number of likely N-dealkylation sites (N-methyl/N-ethyl adjacent to an activating group) is 1. The van der Waals surface area contributed by atoms with E-state index in [0.29, 0.717) is 19.8 Å². The minimum Gasteiger partial charge on any atom is -0.492 e. The van der Waals surface area contributed by atoms with Crippen molar-refractivity contribution in [3.05, 3.63) is 29.8 Å². The third kappa shape index (κ3) is 9.37. The first-order valence-corrected chi connectivity index (χ1v) is 8.62. The Hall–Kier alpha value is -1.79. The van der Waals surface area contributed by atoms with Crippen LogP contribution in [0.2, 0.25) is 0 Å². The summed E-state index contributed by atoms with van der Waals surface area (Å²) in [5.41, 5.74) is 1.12. The molecule has 0 aromatic heterocycles. The van der Waals surface area contributed by atoms with Crippen molar-refractivity contribution in [2.75, 3.05) is 53.6 Å². The lowest BCUT2D eigenvalue weighted by molar-refractivity contribution is 0.152. The summed E-state index contributed by atoms with van der Waals surface area (Å²) in [7, 11) is 4.07. The van der Waals surface area contributed by atoms with E-state index in [0.717, 1.165) is 43.5 Å². The van der Waals surface area contributed by atoms with Gasteiger partial charge in [0.25, 0.3) is 0 Å². The number of nitrogens with one attached hydrogen (secondary N) is 2. The summed E-state index contributed by atoms with van der Waals surface area (Å²) < 4.78 is 11.1. The van der Waals surface area contributed by atoms with E-state index in [9.17, 15) is 0 Å². The average Bonchev–Trinajstić information content (AvgIpc) is 2.56. The maximum Gasteiger partial charge on any atom is 0.191 e. The minimum absolute atomic E-state index is 0.606. The SMILES string of the molecule is CCNC(=NCc1cccc(OCCN(C)C)c1)NCCOCC. The molecule has 0 aliphatic heterocycles.